The van der Waals surface area contributed by atoms with Gasteiger partial charge in [-0.2, -0.15) is 5.10 Å². The van der Waals surface area contributed by atoms with Crippen molar-refractivity contribution in [3.8, 4) is 11.3 Å². The molecule has 2 aromatic carbocycles. The van der Waals surface area contributed by atoms with Crippen LogP contribution in [0.15, 0.2) is 71.8 Å². The van der Waals surface area contributed by atoms with E-state index in [2.05, 4.69) is 21.4 Å². The van der Waals surface area contributed by atoms with Crippen molar-refractivity contribution < 1.29 is 4.79 Å². The van der Waals surface area contributed by atoms with E-state index in [9.17, 15) is 9.59 Å². The molecule has 0 aliphatic carbocycles. The molecule has 168 valence electrons. The highest BCUT2D eigenvalue weighted by Crippen LogP contribution is 2.25. The molecule has 0 radical (unpaired) electrons. The predicted molar refractivity (Wildman–Crippen MR) is 132 cm³/mol. The number of nitrogens with zero attached hydrogens (tertiary/aromatic N) is 4. The molecule has 1 saturated heterocycles. The van der Waals surface area contributed by atoms with Gasteiger partial charge in [-0.15, -0.1) is 0 Å². The van der Waals surface area contributed by atoms with Gasteiger partial charge in [0.15, 0.2) is 0 Å². The molecule has 7 heteroatoms. The van der Waals surface area contributed by atoms with Crippen LogP contribution in [0.1, 0.15) is 25.8 Å². The number of pyridine rings is 1. The molecule has 1 amide bonds. The van der Waals surface area contributed by atoms with Crippen LogP contribution in [-0.4, -0.2) is 33.3 Å². The SMILES string of the molecule is C[C@H](C(=O)Nc1ccc(-c2ccnn2C)cc1)n1ccc2cc(N3CCCC3)ccc2c1=O. The molecule has 0 spiro atoms. The number of aryl methyl sites for hydroxylation is 1. The fourth-order valence-corrected chi connectivity index (χ4v) is 4.48. The summed E-state index contributed by atoms with van der Waals surface area (Å²) in [6.45, 7) is 3.86. The lowest BCUT2D eigenvalue weighted by Crippen LogP contribution is -2.31. The number of carbonyl (C=O) groups excluding carboxylic acids is 1. The Morgan fingerprint density at radius 1 is 1.03 bits per heavy atom. The number of benzene rings is 2. The number of anilines is 2. The van der Waals surface area contributed by atoms with Crippen LogP contribution in [0.5, 0.6) is 0 Å². The summed E-state index contributed by atoms with van der Waals surface area (Å²) in [5.41, 5.74) is 3.69. The minimum Gasteiger partial charge on any atom is -0.372 e. The smallest absolute Gasteiger partial charge is 0.259 e. The lowest BCUT2D eigenvalue weighted by molar-refractivity contribution is -0.118. The molecule has 7 nitrogen and oxygen atoms in total. The van der Waals surface area contributed by atoms with Gasteiger partial charge in [0.25, 0.3) is 5.56 Å². The summed E-state index contributed by atoms with van der Waals surface area (Å²) >= 11 is 0. The fourth-order valence-electron chi connectivity index (χ4n) is 4.48. The van der Waals surface area contributed by atoms with Crippen molar-refractivity contribution in [2.24, 2.45) is 7.05 Å². The van der Waals surface area contributed by atoms with Gasteiger partial charge in [0.2, 0.25) is 5.91 Å². The Bertz CT molecular complexity index is 1360. The Hall–Kier alpha value is -3.87. The van der Waals surface area contributed by atoms with Crippen molar-refractivity contribution in [2.75, 3.05) is 23.3 Å². The molecule has 1 N–H and O–H groups in total. The van der Waals surface area contributed by atoms with Crippen molar-refractivity contribution in [3.05, 3.63) is 77.3 Å². The van der Waals surface area contributed by atoms with Crippen molar-refractivity contribution >= 4 is 28.1 Å². The van der Waals surface area contributed by atoms with Crippen LogP contribution in [0, 0.1) is 0 Å². The van der Waals surface area contributed by atoms with E-state index in [1.807, 2.05) is 55.6 Å². The molecule has 2 aromatic heterocycles. The quantitative estimate of drug-likeness (QED) is 0.504. The molecule has 0 unspecified atom stereocenters. The van der Waals surface area contributed by atoms with E-state index in [0.29, 0.717) is 11.1 Å². The van der Waals surface area contributed by atoms with E-state index >= 15 is 0 Å². The van der Waals surface area contributed by atoms with Gasteiger partial charge in [-0.05, 0) is 73.2 Å². The van der Waals surface area contributed by atoms with Gasteiger partial charge < -0.3 is 14.8 Å². The summed E-state index contributed by atoms with van der Waals surface area (Å²) in [6.07, 6.45) is 5.88. The third-order valence-electron chi connectivity index (χ3n) is 6.45. The number of amides is 1. The second-order valence-corrected chi connectivity index (χ2v) is 8.58. The molecule has 1 fully saturated rings. The van der Waals surface area contributed by atoms with Gasteiger partial charge in [-0.25, -0.2) is 0 Å². The normalized spacial score (nSPS) is 14.5. The first kappa shape index (κ1) is 21.0. The summed E-state index contributed by atoms with van der Waals surface area (Å²) in [5, 5.41) is 8.64. The maximum Gasteiger partial charge on any atom is 0.259 e. The van der Waals surface area contributed by atoms with E-state index in [1.165, 1.54) is 17.4 Å². The average Bonchev–Trinajstić information content (AvgIpc) is 3.51. The van der Waals surface area contributed by atoms with Crippen molar-refractivity contribution in [3.63, 3.8) is 0 Å². The lowest BCUT2D eigenvalue weighted by atomic mass is 10.1. The first-order chi connectivity index (χ1) is 16.0. The third-order valence-corrected chi connectivity index (χ3v) is 6.45. The first-order valence-electron chi connectivity index (χ1n) is 11.3. The summed E-state index contributed by atoms with van der Waals surface area (Å²) in [5.74, 6) is -0.238. The number of hydrogen-bond acceptors (Lipinski definition) is 4. The molecular formula is C26H27N5O2. The van der Waals surface area contributed by atoms with Crippen molar-refractivity contribution in [1.82, 2.24) is 14.3 Å². The Morgan fingerprint density at radius 3 is 2.48 bits per heavy atom. The zero-order valence-electron chi connectivity index (χ0n) is 18.9. The van der Waals surface area contributed by atoms with Crippen LogP contribution >= 0.6 is 0 Å². The number of rotatable bonds is 5. The number of carbonyl (C=O) groups is 1. The Kier molecular flexibility index (Phi) is 5.46. The van der Waals surface area contributed by atoms with Gasteiger partial charge in [0.05, 0.1) is 5.69 Å². The van der Waals surface area contributed by atoms with E-state index < -0.39 is 6.04 Å². The molecule has 1 aliphatic heterocycles. The lowest BCUT2D eigenvalue weighted by Gasteiger charge is -2.19. The number of hydrogen-bond donors (Lipinski definition) is 1. The zero-order chi connectivity index (χ0) is 22.9. The monoisotopic (exact) mass is 441 g/mol. The van der Waals surface area contributed by atoms with Gasteiger partial charge >= 0.3 is 0 Å². The highest BCUT2D eigenvalue weighted by molar-refractivity contribution is 5.94. The summed E-state index contributed by atoms with van der Waals surface area (Å²) in [4.78, 5) is 28.4. The number of fused-ring (bicyclic) bond motifs is 1. The molecule has 0 saturated carbocycles. The minimum atomic E-state index is -0.642. The highest BCUT2D eigenvalue weighted by Gasteiger charge is 2.18. The van der Waals surface area contributed by atoms with Gasteiger partial charge in [0, 0.05) is 49.3 Å². The van der Waals surface area contributed by atoms with Crippen LogP contribution in [0.2, 0.25) is 0 Å². The molecule has 33 heavy (non-hydrogen) atoms. The van der Waals surface area contributed by atoms with Crippen LogP contribution in [0.4, 0.5) is 11.4 Å². The molecule has 5 rings (SSSR count). The van der Waals surface area contributed by atoms with Crippen molar-refractivity contribution in [2.45, 2.75) is 25.8 Å². The predicted octanol–water partition coefficient (Wildman–Crippen LogP) is 4.20. The first-order valence-corrected chi connectivity index (χ1v) is 11.3. The van der Waals surface area contributed by atoms with E-state index in [-0.39, 0.29) is 11.5 Å². The van der Waals surface area contributed by atoms with Crippen LogP contribution in [0.25, 0.3) is 22.0 Å². The molecule has 3 heterocycles. The maximum atomic E-state index is 13.1. The molecule has 1 aliphatic rings. The second-order valence-electron chi connectivity index (χ2n) is 8.58. The van der Waals surface area contributed by atoms with E-state index in [1.54, 1.807) is 24.0 Å². The largest absolute Gasteiger partial charge is 0.372 e. The topological polar surface area (TPSA) is 72.2 Å². The molecular weight excluding hydrogens is 414 g/mol. The zero-order valence-corrected chi connectivity index (χ0v) is 18.9. The number of aromatic nitrogens is 3. The van der Waals surface area contributed by atoms with E-state index in [0.717, 1.165) is 35.4 Å². The second kappa shape index (κ2) is 8.58. The Morgan fingerprint density at radius 2 is 1.79 bits per heavy atom. The Balaban J connectivity index is 1.34. The summed E-state index contributed by atoms with van der Waals surface area (Å²) in [6, 6.07) is 16.8. The van der Waals surface area contributed by atoms with Crippen LogP contribution < -0.4 is 15.8 Å². The summed E-state index contributed by atoms with van der Waals surface area (Å²) in [7, 11) is 1.89. The van der Waals surface area contributed by atoms with E-state index in [4.69, 9.17) is 0 Å². The minimum absolute atomic E-state index is 0.158. The highest BCUT2D eigenvalue weighted by atomic mass is 16.2. The van der Waals surface area contributed by atoms with Gasteiger partial charge in [-0.1, -0.05) is 12.1 Å². The molecule has 1 atom stereocenters. The Labute approximate surface area is 192 Å². The molecule has 4 aromatic rings. The summed E-state index contributed by atoms with van der Waals surface area (Å²) < 4.78 is 3.30. The van der Waals surface area contributed by atoms with Crippen LogP contribution in [0.3, 0.4) is 0 Å². The fraction of sp³-hybridized carbons (Fsp3) is 0.269. The number of nitrogens with one attached hydrogen (secondary N) is 1. The van der Waals surface area contributed by atoms with Crippen molar-refractivity contribution in [1.29, 1.82) is 0 Å². The standard InChI is InChI=1S/C26H27N5O2/c1-18(25(32)28-21-7-5-19(6-8-21)24-11-13-27-29(24)2)31-16-12-20-17-22(30-14-3-4-15-30)9-10-23(20)26(31)33/h5-13,16-18H,3-4,14-15H2,1-2H3,(H,28,32)/t18-/m1/s1. The van der Waals surface area contributed by atoms with Crippen LogP contribution in [-0.2, 0) is 11.8 Å². The average molecular weight is 442 g/mol. The third kappa shape index (κ3) is 4.02. The van der Waals surface area contributed by atoms with Gasteiger partial charge in [0.1, 0.15) is 6.04 Å². The maximum absolute atomic E-state index is 13.1. The van der Waals surface area contributed by atoms with Gasteiger partial charge in [-0.3, -0.25) is 14.3 Å². The molecule has 0 bridgehead atoms.